The highest BCUT2D eigenvalue weighted by Gasteiger charge is 2.03. The fraction of sp³-hybridized carbons (Fsp3) is 0.100. The van der Waals surface area contributed by atoms with E-state index in [0.717, 1.165) is 4.90 Å². The van der Waals surface area contributed by atoms with Gasteiger partial charge in [0.2, 0.25) is 5.12 Å². The molecule has 1 nitrogen and oxygen atoms in total. The third kappa shape index (κ3) is 2.55. The lowest BCUT2D eigenvalue weighted by atomic mass is 10.4. The van der Waals surface area contributed by atoms with Crippen LogP contribution in [-0.4, -0.2) is 5.12 Å². The van der Waals surface area contributed by atoms with Crippen LogP contribution in [0, 0.1) is 6.07 Å². The van der Waals surface area contributed by atoms with Crippen molar-refractivity contribution < 1.29 is 4.79 Å². The summed E-state index contributed by atoms with van der Waals surface area (Å²) in [4.78, 5) is 12.1. The van der Waals surface area contributed by atoms with Crippen LogP contribution in [0.3, 0.4) is 0 Å². The van der Waals surface area contributed by atoms with Crippen LogP contribution in [-0.2, 0) is 4.79 Å². The molecule has 0 saturated heterocycles. The quantitative estimate of drug-likeness (QED) is 0.510. The van der Waals surface area contributed by atoms with Gasteiger partial charge in [0.05, 0.1) is 0 Å². The average Bonchev–Trinajstić information content (AvgIpc) is 2.06. The topological polar surface area (TPSA) is 17.1 Å². The Morgan fingerprint density at radius 1 is 1.50 bits per heavy atom. The van der Waals surface area contributed by atoms with Gasteiger partial charge in [-0.1, -0.05) is 18.7 Å². The second kappa shape index (κ2) is 4.12. The lowest BCUT2D eigenvalue weighted by Gasteiger charge is -1.97. The number of carbonyl (C=O) groups excluding carboxylic acids is 1. The van der Waals surface area contributed by atoms with Gasteiger partial charge in [0, 0.05) is 4.90 Å². The van der Waals surface area contributed by atoms with Crippen molar-refractivity contribution in [2.45, 2.75) is 11.8 Å². The van der Waals surface area contributed by atoms with Crippen molar-refractivity contribution in [1.29, 1.82) is 0 Å². The molecule has 0 saturated carbocycles. The first kappa shape index (κ1) is 9.07. The normalized spacial score (nSPS) is 9.42. The van der Waals surface area contributed by atoms with Crippen LogP contribution in [0.1, 0.15) is 6.92 Å². The first-order valence-corrected chi connectivity index (χ1v) is 4.35. The monoisotopic (exact) mass is 177 g/mol. The highest BCUT2D eigenvalue weighted by molar-refractivity contribution is 8.14. The first-order chi connectivity index (χ1) is 5.70. The van der Waals surface area contributed by atoms with E-state index >= 15 is 0 Å². The molecule has 0 heterocycles. The third-order valence-electron chi connectivity index (χ3n) is 1.25. The van der Waals surface area contributed by atoms with E-state index in [1.807, 2.05) is 12.1 Å². The standard InChI is InChI=1S/C10H9OS/c1-8(2)10(11)12-9-6-4-3-5-7-9/h4-7H,1H2,2H3. The Hall–Kier alpha value is -1.02. The molecule has 12 heavy (non-hydrogen) atoms. The number of hydrogen-bond acceptors (Lipinski definition) is 2. The second-order valence-corrected chi connectivity index (χ2v) is 3.45. The van der Waals surface area contributed by atoms with Crippen molar-refractivity contribution in [3.63, 3.8) is 0 Å². The minimum absolute atomic E-state index is 0.0150. The summed E-state index contributed by atoms with van der Waals surface area (Å²) in [6.45, 7) is 5.29. The Bertz CT molecular complexity index is 290. The number of hydrogen-bond donors (Lipinski definition) is 0. The molecule has 1 radical (unpaired) electrons. The maximum absolute atomic E-state index is 11.2. The molecule has 1 rings (SSSR count). The number of benzene rings is 1. The summed E-state index contributed by atoms with van der Waals surface area (Å²) < 4.78 is 0. The zero-order chi connectivity index (χ0) is 8.97. The molecule has 0 aromatic heterocycles. The SMILES string of the molecule is C=C(C)C(=O)Sc1cc[c]cc1. The Morgan fingerprint density at radius 3 is 2.58 bits per heavy atom. The van der Waals surface area contributed by atoms with Gasteiger partial charge in [0.25, 0.3) is 0 Å². The minimum Gasteiger partial charge on any atom is -0.282 e. The van der Waals surface area contributed by atoms with Gasteiger partial charge in [-0.2, -0.15) is 0 Å². The van der Waals surface area contributed by atoms with Crippen LogP contribution in [0.25, 0.3) is 0 Å². The predicted molar refractivity (Wildman–Crippen MR) is 51.0 cm³/mol. The molecule has 2 heteroatoms. The molecule has 0 spiro atoms. The maximum Gasteiger partial charge on any atom is 0.219 e. The smallest absolute Gasteiger partial charge is 0.219 e. The summed E-state index contributed by atoms with van der Waals surface area (Å²) in [6, 6.07) is 10.2. The fourth-order valence-electron chi connectivity index (χ4n) is 0.634. The highest BCUT2D eigenvalue weighted by Crippen LogP contribution is 2.20. The summed E-state index contributed by atoms with van der Waals surface area (Å²) in [5.41, 5.74) is 0.577. The molecule has 0 unspecified atom stereocenters. The maximum atomic E-state index is 11.2. The van der Waals surface area contributed by atoms with Crippen LogP contribution >= 0.6 is 11.8 Å². The summed E-state index contributed by atoms with van der Waals surface area (Å²) in [5, 5.41) is 0.0150. The molecule has 61 valence electrons. The molecule has 1 aromatic carbocycles. The van der Waals surface area contributed by atoms with Gasteiger partial charge in [0.1, 0.15) is 0 Å². The molecule has 0 aliphatic carbocycles. The van der Waals surface area contributed by atoms with E-state index in [2.05, 4.69) is 12.6 Å². The van der Waals surface area contributed by atoms with E-state index < -0.39 is 0 Å². The van der Waals surface area contributed by atoms with Gasteiger partial charge in [-0.3, -0.25) is 4.79 Å². The summed E-state index contributed by atoms with van der Waals surface area (Å²) in [6.07, 6.45) is 0. The number of thioether (sulfide) groups is 1. The summed E-state index contributed by atoms with van der Waals surface area (Å²) >= 11 is 1.19. The van der Waals surface area contributed by atoms with Crippen molar-refractivity contribution in [2.75, 3.05) is 0 Å². The van der Waals surface area contributed by atoms with Crippen molar-refractivity contribution in [2.24, 2.45) is 0 Å². The average molecular weight is 177 g/mol. The lowest BCUT2D eigenvalue weighted by molar-refractivity contribution is -0.107. The van der Waals surface area contributed by atoms with Gasteiger partial charge >= 0.3 is 0 Å². The van der Waals surface area contributed by atoms with E-state index in [1.54, 1.807) is 19.1 Å². The zero-order valence-corrected chi connectivity index (χ0v) is 7.65. The molecule has 0 bridgehead atoms. The van der Waals surface area contributed by atoms with Gasteiger partial charge in [-0.25, -0.2) is 0 Å². The first-order valence-electron chi connectivity index (χ1n) is 3.54. The highest BCUT2D eigenvalue weighted by atomic mass is 32.2. The molecule has 0 aliphatic heterocycles. The largest absolute Gasteiger partial charge is 0.282 e. The number of carbonyl (C=O) groups is 1. The molecule has 1 aromatic rings. The molecule has 0 N–H and O–H groups in total. The zero-order valence-electron chi connectivity index (χ0n) is 6.83. The Balaban J connectivity index is 2.65. The third-order valence-corrected chi connectivity index (χ3v) is 2.29. The van der Waals surface area contributed by atoms with E-state index in [-0.39, 0.29) is 5.12 Å². The summed E-state index contributed by atoms with van der Waals surface area (Å²) in [7, 11) is 0. The molecular formula is C10H9OS. The minimum atomic E-state index is 0.0150. The lowest BCUT2D eigenvalue weighted by Crippen LogP contribution is -1.90. The Kier molecular flexibility index (Phi) is 3.11. The molecule has 0 atom stereocenters. The van der Waals surface area contributed by atoms with Crippen LogP contribution in [0.2, 0.25) is 0 Å². The van der Waals surface area contributed by atoms with Crippen molar-refractivity contribution in [3.05, 3.63) is 42.5 Å². The van der Waals surface area contributed by atoms with E-state index in [4.69, 9.17) is 0 Å². The van der Waals surface area contributed by atoms with E-state index in [9.17, 15) is 4.79 Å². The fourth-order valence-corrected chi connectivity index (χ4v) is 1.29. The van der Waals surface area contributed by atoms with Crippen molar-refractivity contribution in [1.82, 2.24) is 0 Å². The van der Waals surface area contributed by atoms with Gasteiger partial charge in [-0.05, 0) is 42.5 Å². The Labute approximate surface area is 76.5 Å². The summed E-state index contributed by atoms with van der Waals surface area (Å²) in [5.74, 6) is 0. The van der Waals surface area contributed by atoms with Gasteiger partial charge in [0.15, 0.2) is 0 Å². The molecule has 0 amide bonds. The van der Waals surface area contributed by atoms with Gasteiger partial charge in [-0.15, -0.1) is 0 Å². The molecular weight excluding hydrogens is 168 g/mol. The number of rotatable bonds is 2. The van der Waals surface area contributed by atoms with Crippen molar-refractivity contribution >= 4 is 16.9 Å². The van der Waals surface area contributed by atoms with E-state index in [0.29, 0.717) is 5.57 Å². The van der Waals surface area contributed by atoms with Gasteiger partial charge < -0.3 is 0 Å². The molecule has 0 aliphatic rings. The molecule has 0 fully saturated rings. The van der Waals surface area contributed by atoms with Crippen molar-refractivity contribution in [3.8, 4) is 0 Å². The van der Waals surface area contributed by atoms with Crippen LogP contribution in [0.5, 0.6) is 0 Å². The predicted octanol–water partition coefficient (Wildman–Crippen LogP) is 2.68. The van der Waals surface area contributed by atoms with Crippen LogP contribution in [0.15, 0.2) is 41.3 Å². The van der Waals surface area contributed by atoms with Crippen LogP contribution in [0.4, 0.5) is 0 Å². The second-order valence-electron chi connectivity index (χ2n) is 2.41. The van der Waals surface area contributed by atoms with Crippen LogP contribution < -0.4 is 0 Å². The van der Waals surface area contributed by atoms with E-state index in [1.165, 1.54) is 11.8 Å². The Morgan fingerprint density at radius 2 is 2.08 bits per heavy atom.